The molecule has 2 heterocycles. The molecule has 8 heteroatoms. The zero-order valence-corrected chi connectivity index (χ0v) is 14.4. The second-order valence-corrected chi connectivity index (χ2v) is 5.93. The molecular weight excluding hydrogens is 373 g/mol. The number of amides is 1. The molecule has 4 aromatic rings. The van der Waals surface area contributed by atoms with Gasteiger partial charge in [-0.15, -0.1) is 10.2 Å². The smallest absolute Gasteiger partial charge is 0.283 e. The maximum absolute atomic E-state index is 13.8. The van der Waals surface area contributed by atoms with Gasteiger partial charge >= 0.3 is 0 Å². The van der Waals surface area contributed by atoms with Crippen LogP contribution in [0, 0.1) is 5.82 Å². The highest BCUT2D eigenvalue weighted by Crippen LogP contribution is 2.32. The van der Waals surface area contributed by atoms with Crippen LogP contribution in [0.4, 0.5) is 10.1 Å². The molecule has 0 spiro atoms. The van der Waals surface area contributed by atoms with Crippen molar-refractivity contribution < 1.29 is 18.0 Å². The lowest BCUT2D eigenvalue weighted by atomic mass is 10.1. The third-order valence-electron chi connectivity index (χ3n) is 3.73. The van der Waals surface area contributed by atoms with Crippen LogP contribution in [0.5, 0.6) is 0 Å². The Morgan fingerprint density at radius 2 is 1.85 bits per heavy atom. The van der Waals surface area contributed by atoms with Crippen LogP contribution in [0.1, 0.15) is 10.4 Å². The van der Waals surface area contributed by atoms with Crippen molar-refractivity contribution in [3.63, 3.8) is 0 Å². The summed E-state index contributed by atoms with van der Waals surface area (Å²) >= 11 is 6.22. The van der Waals surface area contributed by atoms with Crippen LogP contribution >= 0.6 is 11.6 Å². The van der Waals surface area contributed by atoms with E-state index in [0.717, 1.165) is 0 Å². The van der Waals surface area contributed by atoms with E-state index in [1.54, 1.807) is 36.4 Å². The lowest BCUT2D eigenvalue weighted by molar-refractivity contribution is 0.102. The highest BCUT2D eigenvalue weighted by molar-refractivity contribution is 6.33. The summed E-state index contributed by atoms with van der Waals surface area (Å²) in [6.45, 7) is 0. The fraction of sp³-hybridized carbons (Fsp3) is 0. The zero-order valence-electron chi connectivity index (χ0n) is 13.6. The van der Waals surface area contributed by atoms with E-state index in [-0.39, 0.29) is 17.3 Å². The first-order valence-corrected chi connectivity index (χ1v) is 8.23. The number of halogens is 2. The van der Waals surface area contributed by atoms with Gasteiger partial charge in [0.1, 0.15) is 5.82 Å². The number of carbonyl (C=O) groups is 1. The Hall–Kier alpha value is -3.45. The topological polar surface area (TPSA) is 81.2 Å². The largest absolute Gasteiger partial charge is 0.459 e. The Labute approximate surface area is 157 Å². The van der Waals surface area contributed by atoms with Gasteiger partial charge in [-0.2, -0.15) is 0 Å². The van der Waals surface area contributed by atoms with Crippen molar-refractivity contribution in [3.05, 3.63) is 77.3 Å². The Bertz CT molecular complexity index is 1110. The molecule has 0 bridgehead atoms. The van der Waals surface area contributed by atoms with Crippen LogP contribution in [-0.4, -0.2) is 16.1 Å². The van der Waals surface area contributed by atoms with Crippen LogP contribution in [0.25, 0.3) is 23.1 Å². The molecule has 0 aliphatic rings. The van der Waals surface area contributed by atoms with E-state index >= 15 is 0 Å². The van der Waals surface area contributed by atoms with E-state index in [2.05, 4.69) is 15.5 Å². The number of hydrogen-bond donors (Lipinski definition) is 1. The van der Waals surface area contributed by atoms with Gasteiger partial charge in [0, 0.05) is 5.69 Å². The van der Waals surface area contributed by atoms with Crippen LogP contribution in [0.3, 0.4) is 0 Å². The maximum atomic E-state index is 13.8. The quantitative estimate of drug-likeness (QED) is 0.533. The molecule has 0 saturated heterocycles. The fourth-order valence-electron chi connectivity index (χ4n) is 2.44. The Morgan fingerprint density at radius 1 is 1.04 bits per heavy atom. The van der Waals surface area contributed by atoms with E-state index in [1.165, 1.54) is 24.5 Å². The van der Waals surface area contributed by atoms with Gasteiger partial charge in [-0.25, -0.2) is 4.39 Å². The molecule has 6 nitrogen and oxygen atoms in total. The van der Waals surface area contributed by atoms with Crippen LogP contribution in [-0.2, 0) is 0 Å². The van der Waals surface area contributed by atoms with E-state index < -0.39 is 11.7 Å². The Morgan fingerprint density at radius 3 is 2.63 bits per heavy atom. The summed E-state index contributed by atoms with van der Waals surface area (Å²) in [4.78, 5) is 12.3. The Kier molecular flexibility index (Phi) is 4.43. The summed E-state index contributed by atoms with van der Waals surface area (Å²) in [6.07, 6.45) is 1.49. The average molecular weight is 384 g/mol. The second-order valence-electron chi connectivity index (χ2n) is 5.52. The number of aromatic nitrogens is 2. The van der Waals surface area contributed by atoms with Crippen molar-refractivity contribution in [2.75, 3.05) is 5.32 Å². The predicted octanol–water partition coefficient (Wildman–Crippen LogP) is 5.04. The summed E-state index contributed by atoms with van der Waals surface area (Å²) in [6, 6.07) is 13.8. The first kappa shape index (κ1) is 17.0. The van der Waals surface area contributed by atoms with Crippen molar-refractivity contribution in [1.29, 1.82) is 0 Å². The number of carbonyl (C=O) groups excluding carboxylic acids is 1. The van der Waals surface area contributed by atoms with E-state index in [0.29, 0.717) is 22.0 Å². The van der Waals surface area contributed by atoms with Gasteiger partial charge in [-0.05, 0) is 42.5 Å². The van der Waals surface area contributed by atoms with Crippen molar-refractivity contribution in [2.45, 2.75) is 0 Å². The molecule has 1 N–H and O–H groups in total. The minimum absolute atomic E-state index is 0.0631. The maximum Gasteiger partial charge on any atom is 0.283 e. The number of nitrogens with zero attached hydrogens (tertiary/aromatic N) is 2. The molecule has 0 radical (unpaired) electrons. The molecule has 0 aliphatic carbocycles. The number of nitrogens with one attached hydrogen (secondary N) is 1. The van der Waals surface area contributed by atoms with Crippen molar-refractivity contribution in [1.82, 2.24) is 10.2 Å². The third kappa shape index (κ3) is 3.45. The molecule has 0 fully saturated rings. The Balaban J connectivity index is 1.62. The zero-order chi connectivity index (χ0) is 18.8. The van der Waals surface area contributed by atoms with Gasteiger partial charge < -0.3 is 14.2 Å². The lowest BCUT2D eigenvalue weighted by Gasteiger charge is -2.08. The van der Waals surface area contributed by atoms with Crippen LogP contribution in [0.15, 0.2) is 69.7 Å². The van der Waals surface area contributed by atoms with Gasteiger partial charge in [-0.3, -0.25) is 4.79 Å². The molecule has 0 unspecified atom stereocenters. The molecule has 4 rings (SSSR count). The summed E-state index contributed by atoms with van der Waals surface area (Å²) in [5.74, 6) is -0.401. The molecule has 27 heavy (non-hydrogen) atoms. The summed E-state index contributed by atoms with van der Waals surface area (Å²) in [5, 5.41) is 10.9. The minimum atomic E-state index is -0.607. The van der Waals surface area contributed by atoms with Gasteiger partial charge in [0.05, 0.1) is 22.4 Å². The van der Waals surface area contributed by atoms with E-state index in [4.69, 9.17) is 20.4 Å². The standard InChI is InChI=1S/C19H11ClFN3O3/c20-14-8-7-11(22-17(25)12-4-1-2-5-15(12)21)10-13(14)18-23-24-19(27-18)16-6-3-9-26-16/h1-10H,(H,22,25). The molecule has 0 atom stereocenters. The van der Waals surface area contributed by atoms with Crippen molar-refractivity contribution >= 4 is 23.2 Å². The molecule has 0 aliphatic heterocycles. The number of rotatable bonds is 4. The first-order valence-electron chi connectivity index (χ1n) is 7.85. The van der Waals surface area contributed by atoms with Gasteiger partial charge in [0.15, 0.2) is 5.76 Å². The third-order valence-corrected chi connectivity index (χ3v) is 4.06. The van der Waals surface area contributed by atoms with Gasteiger partial charge in [0.25, 0.3) is 11.8 Å². The molecule has 0 saturated carbocycles. The molecule has 1 amide bonds. The summed E-state index contributed by atoms with van der Waals surface area (Å²) in [7, 11) is 0. The second kappa shape index (κ2) is 7.05. The van der Waals surface area contributed by atoms with Gasteiger partial charge in [0.2, 0.25) is 5.89 Å². The highest BCUT2D eigenvalue weighted by atomic mass is 35.5. The SMILES string of the molecule is O=C(Nc1ccc(Cl)c(-c2nnc(-c3ccco3)o2)c1)c1ccccc1F. The number of hydrogen-bond acceptors (Lipinski definition) is 5. The monoisotopic (exact) mass is 383 g/mol. The van der Waals surface area contributed by atoms with E-state index in [9.17, 15) is 9.18 Å². The number of benzene rings is 2. The number of furan rings is 1. The molecule has 134 valence electrons. The fourth-order valence-corrected chi connectivity index (χ4v) is 2.64. The van der Waals surface area contributed by atoms with Crippen LogP contribution < -0.4 is 5.32 Å². The van der Waals surface area contributed by atoms with Crippen molar-refractivity contribution in [2.24, 2.45) is 0 Å². The molecule has 2 aromatic heterocycles. The predicted molar refractivity (Wildman–Crippen MR) is 96.8 cm³/mol. The molecule has 2 aromatic carbocycles. The van der Waals surface area contributed by atoms with Crippen LogP contribution in [0.2, 0.25) is 5.02 Å². The number of anilines is 1. The first-order chi connectivity index (χ1) is 13.1. The minimum Gasteiger partial charge on any atom is -0.459 e. The highest BCUT2D eigenvalue weighted by Gasteiger charge is 2.17. The normalized spacial score (nSPS) is 10.7. The summed E-state index contributed by atoms with van der Waals surface area (Å²) < 4.78 is 24.6. The van der Waals surface area contributed by atoms with Gasteiger partial charge in [-0.1, -0.05) is 23.7 Å². The average Bonchev–Trinajstić information content (AvgIpc) is 3.35. The van der Waals surface area contributed by atoms with Crippen molar-refractivity contribution in [3.8, 4) is 23.1 Å². The molecular formula is C19H11ClFN3O3. The summed E-state index contributed by atoms with van der Waals surface area (Å²) in [5.41, 5.74) is 0.764. The van der Waals surface area contributed by atoms with E-state index in [1.807, 2.05) is 0 Å². The lowest BCUT2D eigenvalue weighted by Crippen LogP contribution is -2.13.